The number of carbonyl (C=O) groups excluding carboxylic acids is 3. The highest BCUT2D eigenvalue weighted by Gasteiger charge is 2.31. The first kappa shape index (κ1) is 25.1. The number of hydrogen-bond donors (Lipinski definition) is 4. The first-order valence-electron chi connectivity index (χ1n) is 11.0. The Labute approximate surface area is 189 Å². The molecular formula is C25H33N3O4. The van der Waals surface area contributed by atoms with Gasteiger partial charge in [0.2, 0.25) is 5.91 Å². The summed E-state index contributed by atoms with van der Waals surface area (Å²) in [6.07, 6.45) is -0.741. The fourth-order valence-electron chi connectivity index (χ4n) is 3.39. The van der Waals surface area contributed by atoms with E-state index in [-0.39, 0.29) is 18.2 Å². The van der Waals surface area contributed by atoms with Gasteiger partial charge in [-0.25, -0.2) is 0 Å². The first-order valence-corrected chi connectivity index (χ1v) is 11.0. The molecule has 3 unspecified atom stereocenters. The molecule has 0 saturated heterocycles. The fourth-order valence-corrected chi connectivity index (χ4v) is 3.39. The third-order valence-electron chi connectivity index (χ3n) is 4.99. The molecule has 0 aliphatic heterocycles. The maximum Gasteiger partial charge on any atom is 0.251 e. The van der Waals surface area contributed by atoms with Gasteiger partial charge in [-0.15, -0.1) is 0 Å². The normalized spacial score (nSPS) is 13.7. The Balaban J connectivity index is 2.19. The van der Waals surface area contributed by atoms with E-state index in [0.717, 1.165) is 5.56 Å². The van der Waals surface area contributed by atoms with Crippen LogP contribution < -0.4 is 16.0 Å². The molecule has 4 N–H and O–H groups in total. The predicted octanol–water partition coefficient (Wildman–Crippen LogP) is 2.06. The highest BCUT2D eigenvalue weighted by Crippen LogP contribution is 2.11. The quantitative estimate of drug-likeness (QED) is 0.430. The molecule has 0 aliphatic carbocycles. The van der Waals surface area contributed by atoms with Gasteiger partial charge in [-0.3, -0.25) is 14.4 Å². The zero-order valence-electron chi connectivity index (χ0n) is 18.9. The summed E-state index contributed by atoms with van der Waals surface area (Å²) in [5.74, 6) is -1.20. The lowest BCUT2D eigenvalue weighted by Gasteiger charge is -2.27. The summed E-state index contributed by atoms with van der Waals surface area (Å²) in [5.41, 5.74) is 1.33. The third-order valence-corrected chi connectivity index (χ3v) is 4.99. The summed E-state index contributed by atoms with van der Waals surface area (Å²) in [4.78, 5) is 38.1. The van der Waals surface area contributed by atoms with Gasteiger partial charge in [0.05, 0.1) is 6.04 Å². The second-order valence-electron chi connectivity index (χ2n) is 8.17. The van der Waals surface area contributed by atoms with Gasteiger partial charge < -0.3 is 21.1 Å². The van der Waals surface area contributed by atoms with Gasteiger partial charge in [0.25, 0.3) is 11.8 Å². The van der Waals surface area contributed by atoms with Crippen molar-refractivity contribution in [3.05, 3.63) is 71.8 Å². The SMILES string of the molecule is CCNC(=O)C(O)C(Cc1ccccc1)NC(=O)C(CC(C)C)NC(=O)c1ccccc1. The number of aliphatic hydroxyl groups is 1. The molecule has 0 radical (unpaired) electrons. The van der Waals surface area contributed by atoms with Crippen LogP contribution in [0, 0.1) is 5.92 Å². The average molecular weight is 440 g/mol. The summed E-state index contributed by atoms with van der Waals surface area (Å²) >= 11 is 0. The van der Waals surface area contributed by atoms with Crippen molar-refractivity contribution in [1.29, 1.82) is 0 Å². The van der Waals surface area contributed by atoms with E-state index in [1.54, 1.807) is 31.2 Å². The van der Waals surface area contributed by atoms with Crippen LogP contribution in [0.4, 0.5) is 0 Å². The fraction of sp³-hybridized carbons (Fsp3) is 0.400. The number of likely N-dealkylation sites (N-methyl/N-ethyl adjacent to an activating group) is 1. The number of amides is 3. The molecule has 2 aromatic carbocycles. The molecule has 0 heterocycles. The molecule has 0 spiro atoms. The molecule has 0 fully saturated rings. The van der Waals surface area contributed by atoms with Crippen LogP contribution in [0.15, 0.2) is 60.7 Å². The van der Waals surface area contributed by atoms with Crippen molar-refractivity contribution in [1.82, 2.24) is 16.0 Å². The Hall–Kier alpha value is -3.19. The van der Waals surface area contributed by atoms with E-state index >= 15 is 0 Å². The average Bonchev–Trinajstić information content (AvgIpc) is 2.78. The summed E-state index contributed by atoms with van der Waals surface area (Å²) in [5, 5.41) is 18.8. The molecule has 3 amide bonds. The first-order chi connectivity index (χ1) is 15.3. The minimum atomic E-state index is -1.43. The van der Waals surface area contributed by atoms with E-state index in [1.165, 1.54) is 0 Å². The highest BCUT2D eigenvalue weighted by atomic mass is 16.3. The van der Waals surface area contributed by atoms with Gasteiger partial charge in [0, 0.05) is 12.1 Å². The van der Waals surface area contributed by atoms with E-state index in [0.29, 0.717) is 18.5 Å². The number of rotatable bonds is 11. The summed E-state index contributed by atoms with van der Waals surface area (Å²) in [7, 11) is 0. The molecule has 172 valence electrons. The number of nitrogens with one attached hydrogen (secondary N) is 3. The Kier molecular flexibility index (Phi) is 9.88. The van der Waals surface area contributed by atoms with Crippen LogP contribution in [0.1, 0.15) is 43.1 Å². The second kappa shape index (κ2) is 12.6. The number of carbonyl (C=O) groups is 3. The van der Waals surface area contributed by atoms with Gasteiger partial charge in [0.15, 0.2) is 6.10 Å². The van der Waals surface area contributed by atoms with Crippen LogP contribution in [0.3, 0.4) is 0 Å². The van der Waals surface area contributed by atoms with Crippen LogP contribution >= 0.6 is 0 Å². The van der Waals surface area contributed by atoms with E-state index in [1.807, 2.05) is 50.2 Å². The molecule has 0 aliphatic rings. The van der Waals surface area contributed by atoms with E-state index in [2.05, 4.69) is 16.0 Å². The molecule has 0 bridgehead atoms. The van der Waals surface area contributed by atoms with Crippen molar-refractivity contribution < 1.29 is 19.5 Å². The van der Waals surface area contributed by atoms with E-state index in [4.69, 9.17) is 0 Å². The van der Waals surface area contributed by atoms with Gasteiger partial charge in [-0.2, -0.15) is 0 Å². The summed E-state index contributed by atoms with van der Waals surface area (Å²) < 4.78 is 0. The lowest BCUT2D eigenvalue weighted by atomic mass is 9.98. The molecule has 32 heavy (non-hydrogen) atoms. The Morgan fingerprint density at radius 2 is 1.47 bits per heavy atom. The summed E-state index contributed by atoms with van der Waals surface area (Å²) in [6, 6.07) is 16.3. The van der Waals surface area contributed by atoms with Gasteiger partial charge in [0.1, 0.15) is 6.04 Å². The smallest absolute Gasteiger partial charge is 0.251 e. The largest absolute Gasteiger partial charge is 0.381 e. The molecule has 7 nitrogen and oxygen atoms in total. The zero-order chi connectivity index (χ0) is 23.5. The van der Waals surface area contributed by atoms with Crippen molar-refractivity contribution in [3.8, 4) is 0 Å². The van der Waals surface area contributed by atoms with Gasteiger partial charge in [-0.05, 0) is 43.4 Å². The lowest BCUT2D eigenvalue weighted by molar-refractivity contribution is -0.132. The topological polar surface area (TPSA) is 108 Å². The minimum Gasteiger partial charge on any atom is -0.381 e. The molecular weight excluding hydrogens is 406 g/mol. The molecule has 2 aromatic rings. The Bertz CT molecular complexity index is 871. The Morgan fingerprint density at radius 1 is 0.875 bits per heavy atom. The van der Waals surface area contributed by atoms with E-state index < -0.39 is 30.0 Å². The van der Waals surface area contributed by atoms with Crippen LogP contribution in [-0.2, 0) is 16.0 Å². The molecule has 0 saturated carbocycles. The third kappa shape index (κ3) is 7.81. The van der Waals surface area contributed by atoms with Crippen molar-refractivity contribution in [3.63, 3.8) is 0 Å². The van der Waals surface area contributed by atoms with Crippen LogP contribution in [0.2, 0.25) is 0 Å². The van der Waals surface area contributed by atoms with Crippen molar-refractivity contribution in [2.45, 2.75) is 51.8 Å². The predicted molar refractivity (Wildman–Crippen MR) is 124 cm³/mol. The molecule has 0 aromatic heterocycles. The minimum absolute atomic E-state index is 0.141. The molecule has 7 heteroatoms. The maximum absolute atomic E-state index is 13.2. The van der Waals surface area contributed by atoms with Gasteiger partial charge in [-0.1, -0.05) is 62.4 Å². The molecule has 3 atom stereocenters. The second-order valence-corrected chi connectivity index (χ2v) is 8.17. The van der Waals surface area contributed by atoms with Crippen molar-refractivity contribution in [2.75, 3.05) is 6.54 Å². The number of aliphatic hydroxyl groups excluding tert-OH is 1. The number of hydrogen-bond acceptors (Lipinski definition) is 4. The zero-order valence-corrected chi connectivity index (χ0v) is 18.9. The molecule has 2 rings (SSSR count). The van der Waals surface area contributed by atoms with E-state index in [9.17, 15) is 19.5 Å². The maximum atomic E-state index is 13.2. The van der Waals surface area contributed by atoms with Crippen LogP contribution in [0.5, 0.6) is 0 Å². The van der Waals surface area contributed by atoms with Crippen molar-refractivity contribution in [2.24, 2.45) is 5.92 Å². The highest BCUT2D eigenvalue weighted by molar-refractivity contribution is 5.97. The van der Waals surface area contributed by atoms with Crippen LogP contribution in [-0.4, -0.2) is 47.6 Å². The number of benzene rings is 2. The van der Waals surface area contributed by atoms with Crippen molar-refractivity contribution >= 4 is 17.7 Å². The van der Waals surface area contributed by atoms with Gasteiger partial charge >= 0.3 is 0 Å². The van der Waals surface area contributed by atoms with Crippen LogP contribution in [0.25, 0.3) is 0 Å². The summed E-state index contributed by atoms with van der Waals surface area (Å²) in [6.45, 7) is 6.04. The standard InChI is InChI=1S/C25H33N3O4/c1-4-26-25(32)22(29)20(16-18-11-7-5-8-12-18)27-24(31)21(15-17(2)3)28-23(30)19-13-9-6-10-14-19/h5-14,17,20-22,29H,4,15-16H2,1-3H3,(H,26,32)(H,27,31)(H,28,30). The lowest BCUT2D eigenvalue weighted by Crippen LogP contribution is -2.56. The Morgan fingerprint density at radius 3 is 2.03 bits per heavy atom. The monoisotopic (exact) mass is 439 g/mol.